The van der Waals surface area contributed by atoms with Gasteiger partial charge in [-0.1, -0.05) is 19.8 Å². The predicted molar refractivity (Wildman–Crippen MR) is 63.8 cm³/mol. The maximum absolute atomic E-state index is 12.6. The fraction of sp³-hybridized carbons (Fsp3) is 0.429. The second-order valence-corrected chi connectivity index (χ2v) is 3.90. The van der Waals surface area contributed by atoms with Crippen molar-refractivity contribution in [2.75, 3.05) is 0 Å². The van der Waals surface area contributed by atoms with E-state index in [1.165, 1.54) is 12.1 Å². The quantitative estimate of drug-likeness (QED) is 0.498. The van der Waals surface area contributed by atoms with Crippen LogP contribution in [0.15, 0.2) is 24.3 Å². The van der Waals surface area contributed by atoms with Crippen LogP contribution in [-0.2, 0) is 0 Å². The predicted octanol–water partition coefficient (Wildman–Crippen LogP) is 4.18. The molecular formula is C14H18FO. The van der Waals surface area contributed by atoms with Crippen LogP contribution in [0.25, 0.3) is 0 Å². The van der Waals surface area contributed by atoms with E-state index in [1.54, 1.807) is 12.1 Å². The molecule has 1 nitrogen and oxygen atoms in total. The van der Waals surface area contributed by atoms with Crippen molar-refractivity contribution in [2.24, 2.45) is 0 Å². The first kappa shape index (κ1) is 12.9. The molecule has 0 fully saturated rings. The molecule has 0 aliphatic heterocycles. The fourth-order valence-corrected chi connectivity index (χ4v) is 1.54. The standard InChI is InChI=1S/C14H18FO/c1-2-3-4-5-6-7-14(16)12-8-10-13(15)11-9-12/h4,8-11H,2-3,5-7H2,1H3. The zero-order valence-corrected chi connectivity index (χ0v) is 9.71. The minimum atomic E-state index is -0.298. The number of hydrogen-bond acceptors (Lipinski definition) is 1. The van der Waals surface area contributed by atoms with Gasteiger partial charge < -0.3 is 0 Å². The zero-order valence-electron chi connectivity index (χ0n) is 9.71. The largest absolute Gasteiger partial charge is 0.294 e. The van der Waals surface area contributed by atoms with Gasteiger partial charge in [-0.3, -0.25) is 4.79 Å². The van der Waals surface area contributed by atoms with Gasteiger partial charge in [0.1, 0.15) is 5.82 Å². The summed E-state index contributed by atoms with van der Waals surface area (Å²) < 4.78 is 12.6. The van der Waals surface area contributed by atoms with Gasteiger partial charge >= 0.3 is 0 Å². The van der Waals surface area contributed by atoms with E-state index in [9.17, 15) is 9.18 Å². The molecule has 0 atom stereocenters. The molecule has 1 aromatic rings. The minimum absolute atomic E-state index is 0.102. The summed E-state index contributed by atoms with van der Waals surface area (Å²) in [5.41, 5.74) is 0.608. The van der Waals surface area contributed by atoms with Crippen molar-refractivity contribution in [2.45, 2.75) is 39.0 Å². The van der Waals surface area contributed by atoms with Gasteiger partial charge in [0.25, 0.3) is 0 Å². The first-order valence-electron chi connectivity index (χ1n) is 5.84. The lowest BCUT2D eigenvalue weighted by atomic mass is 10.0. The van der Waals surface area contributed by atoms with Crippen LogP contribution < -0.4 is 0 Å². The van der Waals surface area contributed by atoms with Crippen molar-refractivity contribution in [1.82, 2.24) is 0 Å². The Kier molecular flexibility index (Phi) is 5.76. The molecule has 0 bridgehead atoms. The number of ketones is 1. The van der Waals surface area contributed by atoms with E-state index in [0.29, 0.717) is 12.0 Å². The van der Waals surface area contributed by atoms with Crippen LogP contribution in [0.1, 0.15) is 49.4 Å². The van der Waals surface area contributed by atoms with Crippen LogP contribution in [0.5, 0.6) is 0 Å². The summed E-state index contributed by atoms with van der Waals surface area (Å²) in [4.78, 5) is 11.7. The lowest BCUT2D eigenvalue weighted by Gasteiger charge is -2.01. The van der Waals surface area contributed by atoms with E-state index < -0.39 is 0 Å². The zero-order chi connectivity index (χ0) is 11.8. The number of carbonyl (C=O) groups excluding carboxylic acids is 1. The molecule has 0 aromatic heterocycles. The van der Waals surface area contributed by atoms with Crippen molar-refractivity contribution in [3.8, 4) is 0 Å². The first-order valence-corrected chi connectivity index (χ1v) is 5.84. The summed E-state index contributed by atoms with van der Waals surface area (Å²) in [5.74, 6) is -0.197. The van der Waals surface area contributed by atoms with Crippen LogP contribution in [0.3, 0.4) is 0 Å². The molecule has 0 spiro atoms. The van der Waals surface area contributed by atoms with Gasteiger partial charge in [0.15, 0.2) is 5.78 Å². The Morgan fingerprint density at radius 1 is 1.25 bits per heavy atom. The van der Waals surface area contributed by atoms with Crippen LogP contribution in [-0.4, -0.2) is 5.78 Å². The Balaban J connectivity index is 2.27. The molecular weight excluding hydrogens is 203 g/mol. The van der Waals surface area contributed by atoms with Crippen molar-refractivity contribution >= 4 is 5.78 Å². The summed E-state index contributed by atoms with van der Waals surface area (Å²) in [6, 6.07) is 5.76. The number of unbranched alkanes of at least 4 members (excludes halogenated alkanes) is 4. The van der Waals surface area contributed by atoms with Gasteiger partial charge in [0.2, 0.25) is 0 Å². The Bertz CT molecular complexity index is 316. The highest BCUT2D eigenvalue weighted by Crippen LogP contribution is 2.10. The summed E-state index contributed by atoms with van der Waals surface area (Å²) in [5, 5.41) is 0. The highest BCUT2D eigenvalue weighted by atomic mass is 19.1. The summed E-state index contributed by atoms with van der Waals surface area (Å²) in [6.07, 6.45) is 6.91. The lowest BCUT2D eigenvalue weighted by Crippen LogP contribution is -1.98. The van der Waals surface area contributed by atoms with Crippen LogP contribution in [0, 0.1) is 12.2 Å². The Morgan fingerprint density at radius 2 is 1.94 bits per heavy atom. The van der Waals surface area contributed by atoms with E-state index in [-0.39, 0.29) is 11.6 Å². The molecule has 2 heteroatoms. The summed E-state index contributed by atoms with van der Waals surface area (Å²) in [7, 11) is 0. The average molecular weight is 221 g/mol. The maximum atomic E-state index is 12.6. The molecule has 0 N–H and O–H groups in total. The molecule has 87 valence electrons. The molecule has 0 aliphatic carbocycles. The van der Waals surface area contributed by atoms with Crippen LogP contribution >= 0.6 is 0 Å². The third kappa shape index (κ3) is 4.56. The lowest BCUT2D eigenvalue weighted by molar-refractivity contribution is 0.0980. The van der Waals surface area contributed by atoms with Crippen molar-refractivity contribution in [3.63, 3.8) is 0 Å². The molecule has 0 saturated carbocycles. The average Bonchev–Trinajstić information content (AvgIpc) is 2.29. The second-order valence-electron chi connectivity index (χ2n) is 3.90. The van der Waals surface area contributed by atoms with Crippen LogP contribution in [0.4, 0.5) is 4.39 Å². The summed E-state index contributed by atoms with van der Waals surface area (Å²) >= 11 is 0. The molecule has 0 aliphatic rings. The second kappa shape index (κ2) is 7.15. The Hall–Kier alpha value is -1.18. The Morgan fingerprint density at radius 3 is 2.56 bits per heavy atom. The third-order valence-corrected chi connectivity index (χ3v) is 2.47. The molecule has 1 radical (unpaired) electrons. The van der Waals surface area contributed by atoms with Gasteiger partial charge in [-0.2, -0.15) is 0 Å². The minimum Gasteiger partial charge on any atom is -0.294 e. The van der Waals surface area contributed by atoms with Gasteiger partial charge in [-0.25, -0.2) is 4.39 Å². The first-order chi connectivity index (χ1) is 7.74. The van der Waals surface area contributed by atoms with Gasteiger partial charge in [-0.15, -0.1) is 0 Å². The molecule has 0 saturated heterocycles. The molecule has 16 heavy (non-hydrogen) atoms. The normalized spacial score (nSPS) is 10.4. The number of hydrogen-bond donors (Lipinski definition) is 0. The van der Waals surface area contributed by atoms with Crippen molar-refractivity contribution in [3.05, 3.63) is 42.1 Å². The van der Waals surface area contributed by atoms with E-state index in [1.807, 2.05) is 0 Å². The third-order valence-electron chi connectivity index (χ3n) is 2.47. The van der Waals surface area contributed by atoms with Gasteiger partial charge in [-0.05, 0) is 43.5 Å². The van der Waals surface area contributed by atoms with Gasteiger partial charge in [0.05, 0.1) is 0 Å². The van der Waals surface area contributed by atoms with E-state index >= 15 is 0 Å². The number of benzene rings is 1. The maximum Gasteiger partial charge on any atom is 0.162 e. The van der Waals surface area contributed by atoms with Crippen molar-refractivity contribution in [1.29, 1.82) is 0 Å². The SMILES string of the molecule is CCC[CH]CCCC(=O)c1ccc(F)cc1. The summed E-state index contributed by atoms with van der Waals surface area (Å²) in [6.45, 7) is 2.14. The Labute approximate surface area is 96.7 Å². The monoisotopic (exact) mass is 221 g/mol. The van der Waals surface area contributed by atoms with Gasteiger partial charge in [0, 0.05) is 12.0 Å². The van der Waals surface area contributed by atoms with E-state index in [2.05, 4.69) is 13.3 Å². The van der Waals surface area contributed by atoms with E-state index in [4.69, 9.17) is 0 Å². The molecule has 0 amide bonds. The van der Waals surface area contributed by atoms with Crippen LogP contribution in [0.2, 0.25) is 0 Å². The topological polar surface area (TPSA) is 17.1 Å². The van der Waals surface area contributed by atoms with E-state index in [0.717, 1.165) is 25.7 Å². The van der Waals surface area contributed by atoms with Crippen molar-refractivity contribution < 1.29 is 9.18 Å². The number of carbonyl (C=O) groups is 1. The highest BCUT2D eigenvalue weighted by Gasteiger charge is 2.05. The molecule has 0 unspecified atom stereocenters. The number of rotatable bonds is 7. The molecule has 0 heterocycles. The molecule has 1 aromatic carbocycles. The highest BCUT2D eigenvalue weighted by molar-refractivity contribution is 5.95. The fourth-order valence-electron chi connectivity index (χ4n) is 1.54. The molecule has 1 rings (SSSR count). The smallest absolute Gasteiger partial charge is 0.162 e. The number of Topliss-reactive ketones (excluding diaryl/α,β-unsaturated/α-hetero) is 1. The number of halogens is 1.